The van der Waals surface area contributed by atoms with Crippen molar-refractivity contribution in [2.45, 2.75) is 46.1 Å². The van der Waals surface area contributed by atoms with E-state index >= 15 is 0 Å². The zero-order valence-corrected chi connectivity index (χ0v) is 15.9. The summed E-state index contributed by atoms with van der Waals surface area (Å²) in [5.41, 5.74) is 1.55. The maximum atomic E-state index is 12.8. The van der Waals surface area contributed by atoms with E-state index in [4.69, 9.17) is 9.47 Å². The van der Waals surface area contributed by atoms with Gasteiger partial charge in [0.15, 0.2) is 5.92 Å². The van der Waals surface area contributed by atoms with Crippen molar-refractivity contribution in [3.8, 4) is 0 Å². The highest BCUT2D eigenvalue weighted by atomic mass is 16.6. The van der Waals surface area contributed by atoms with Gasteiger partial charge in [0.25, 0.3) is 5.56 Å². The Morgan fingerprint density at radius 1 is 1.22 bits per heavy atom. The van der Waals surface area contributed by atoms with Crippen molar-refractivity contribution in [3.63, 3.8) is 0 Å². The molecular weight excluding hydrogens is 348 g/mol. The lowest BCUT2D eigenvalue weighted by Gasteiger charge is -2.18. The summed E-state index contributed by atoms with van der Waals surface area (Å²) in [5.74, 6) is -1.74. The first-order valence-electron chi connectivity index (χ1n) is 9.30. The maximum Gasteiger partial charge on any atom is 0.320 e. The number of benzene rings is 1. The molecule has 0 saturated heterocycles. The summed E-state index contributed by atoms with van der Waals surface area (Å²) in [6.07, 6.45) is 0.869. The third-order valence-corrected chi connectivity index (χ3v) is 4.87. The van der Waals surface area contributed by atoms with Crippen molar-refractivity contribution in [2.24, 2.45) is 5.92 Å². The lowest BCUT2D eigenvalue weighted by Crippen LogP contribution is -2.30. The number of ether oxygens (including phenoxy) is 2. The topological polar surface area (TPSA) is 87.5 Å². The van der Waals surface area contributed by atoms with E-state index in [1.54, 1.807) is 18.4 Å². The normalized spacial score (nSPS) is 15.8. The van der Waals surface area contributed by atoms with Gasteiger partial charge >= 0.3 is 11.9 Å². The molecule has 2 aromatic rings. The Hall–Kier alpha value is -2.70. The second-order valence-electron chi connectivity index (χ2n) is 6.73. The third kappa shape index (κ3) is 3.72. The van der Waals surface area contributed by atoms with Crippen LogP contribution in [0, 0.1) is 12.8 Å². The van der Waals surface area contributed by atoms with Crippen molar-refractivity contribution in [1.29, 1.82) is 0 Å². The molecule has 0 N–H and O–H groups in total. The Morgan fingerprint density at radius 2 is 1.89 bits per heavy atom. The summed E-state index contributed by atoms with van der Waals surface area (Å²) in [4.78, 5) is 42.0. The fourth-order valence-corrected chi connectivity index (χ4v) is 3.58. The molecule has 7 nitrogen and oxygen atoms in total. The van der Waals surface area contributed by atoms with E-state index in [-0.39, 0.29) is 31.1 Å². The molecular formula is C20H24N2O5. The monoisotopic (exact) mass is 372 g/mol. The molecule has 144 valence electrons. The summed E-state index contributed by atoms with van der Waals surface area (Å²) in [5, 5.41) is 0.590. The van der Waals surface area contributed by atoms with Gasteiger partial charge in [-0.1, -0.05) is 11.6 Å². The van der Waals surface area contributed by atoms with Crippen LogP contribution in [0.25, 0.3) is 10.9 Å². The lowest BCUT2D eigenvalue weighted by atomic mass is 9.92. The molecule has 0 aliphatic carbocycles. The molecule has 1 aromatic carbocycles. The van der Waals surface area contributed by atoms with Gasteiger partial charge in [-0.05, 0) is 45.7 Å². The van der Waals surface area contributed by atoms with Crippen LogP contribution in [0.5, 0.6) is 0 Å². The fourth-order valence-electron chi connectivity index (χ4n) is 3.58. The minimum Gasteiger partial charge on any atom is -0.465 e. The van der Waals surface area contributed by atoms with Crippen molar-refractivity contribution in [1.82, 2.24) is 9.55 Å². The van der Waals surface area contributed by atoms with Crippen LogP contribution >= 0.6 is 0 Å². The first-order chi connectivity index (χ1) is 13.0. The Kier molecular flexibility index (Phi) is 5.58. The highest BCUT2D eigenvalue weighted by Crippen LogP contribution is 2.33. The average Bonchev–Trinajstić information content (AvgIpc) is 3.03. The Balaban J connectivity index is 1.95. The highest BCUT2D eigenvalue weighted by Gasteiger charge is 2.36. The van der Waals surface area contributed by atoms with Crippen molar-refractivity contribution < 1.29 is 19.1 Å². The van der Waals surface area contributed by atoms with Gasteiger partial charge in [0.1, 0.15) is 5.82 Å². The Morgan fingerprint density at radius 3 is 2.52 bits per heavy atom. The Labute approximate surface area is 157 Å². The van der Waals surface area contributed by atoms with Crippen molar-refractivity contribution >= 4 is 22.8 Å². The van der Waals surface area contributed by atoms with Crippen LogP contribution in [-0.4, -0.2) is 34.7 Å². The van der Waals surface area contributed by atoms with Crippen LogP contribution in [0.15, 0.2) is 23.0 Å². The smallest absolute Gasteiger partial charge is 0.320 e. The number of rotatable bonds is 6. The molecule has 1 atom stereocenters. The molecule has 0 radical (unpaired) electrons. The number of aryl methyl sites for hydroxylation is 1. The first-order valence-corrected chi connectivity index (χ1v) is 9.30. The van der Waals surface area contributed by atoms with Crippen LogP contribution in [0.2, 0.25) is 0 Å². The average molecular weight is 372 g/mol. The molecule has 1 unspecified atom stereocenters. The molecule has 7 heteroatoms. The number of esters is 2. The third-order valence-electron chi connectivity index (χ3n) is 4.87. The van der Waals surface area contributed by atoms with E-state index in [0.717, 1.165) is 5.56 Å². The zero-order valence-electron chi connectivity index (χ0n) is 15.9. The SMILES string of the molecule is CCOC(=O)C(CC1CCn2c1nc1ccc(C)cc1c2=O)C(=O)OCC. The molecule has 1 aromatic heterocycles. The summed E-state index contributed by atoms with van der Waals surface area (Å²) in [7, 11) is 0. The van der Waals surface area contributed by atoms with Gasteiger partial charge in [-0.3, -0.25) is 19.0 Å². The Bertz CT molecular complexity index is 916. The molecule has 1 aliphatic rings. The molecule has 0 bridgehead atoms. The number of hydrogen-bond acceptors (Lipinski definition) is 6. The number of carbonyl (C=O) groups excluding carboxylic acids is 2. The van der Waals surface area contributed by atoms with Gasteiger partial charge in [0.05, 0.1) is 24.1 Å². The van der Waals surface area contributed by atoms with Gasteiger partial charge in [-0.15, -0.1) is 0 Å². The van der Waals surface area contributed by atoms with Crippen LogP contribution in [-0.2, 0) is 25.6 Å². The van der Waals surface area contributed by atoms with Crippen LogP contribution in [0.1, 0.15) is 44.0 Å². The van der Waals surface area contributed by atoms with Crippen molar-refractivity contribution in [2.75, 3.05) is 13.2 Å². The van der Waals surface area contributed by atoms with Crippen LogP contribution < -0.4 is 5.56 Å². The van der Waals surface area contributed by atoms with Gasteiger partial charge in [0.2, 0.25) is 0 Å². The van der Waals surface area contributed by atoms with E-state index in [2.05, 4.69) is 4.98 Å². The number of aromatic nitrogens is 2. The predicted octanol–water partition coefficient (Wildman–Crippen LogP) is 2.32. The minimum atomic E-state index is -1.01. The number of hydrogen-bond donors (Lipinski definition) is 0. The molecule has 0 spiro atoms. The number of nitrogens with zero attached hydrogens (tertiary/aromatic N) is 2. The molecule has 3 rings (SSSR count). The second kappa shape index (κ2) is 7.90. The van der Waals surface area contributed by atoms with E-state index in [0.29, 0.717) is 29.7 Å². The number of fused-ring (bicyclic) bond motifs is 2. The summed E-state index contributed by atoms with van der Waals surface area (Å²) < 4.78 is 11.7. The van der Waals surface area contributed by atoms with E-state index in [9.17, 15) is 14.4 Å². The fraction of sp³-hybridized carbons (Fsp3) is 0.500. The van der Waals surface area contributed by atoms with Gasteiger partial charge in [0, 0.05) is 12.5 Å². The largest absolute Gasteiger partial charge is 0.465 e. The summed E-state index contributed by atoms with van der Waals surface area (Å²) in [6.45, 7) is 6.23. The molecule has 0 fully saturated rings. The van der Waals surface area contributed by atoms with E-state index < -0.39 is 17.9 Å². The highest BCUT2D eigenvalue weighted by molar-refractivity contribution is 5.95. The second-order valence-corrected chi connectivity index (χ2v) is 6.73. The van der Waals surface area contributed by atoms with E-state index in [1.165, 1.54) is 0 Å². The minimum absolute atomic E-state index is 0.0787. The number of carbonyl (C=O) groups is 2. The summed E-state index contributed by atoms with van der Waals surface area (Å²) in [6, 6.07) is 5.58. The lowest BCUT2D eigenvalue weighted by molar-refractivity contribution is -0.162. The molecule has 1 aliphatic heterocycles. The van der Waals surface area contributed by atoms with Gasteiger partial charge in [-0.2, -0.15) is 0 Å². The van der Waals surface area contributed by atoms with Gasteiger partial charge < -0.3 is 9.47 Å². The van der Waals surface area contributed by atoms with Crippen LogP contribution in [0.4, 0.5) is 0 Å². The molecule has 27 heavy (non-hydrogen) atoms. The first kappa shape index (κ1) is 19.1. The predicted molar refractivity (Wildman–Crippen MR) is 99.5 cm³/mol. The van der Waals surface area contributed by atoms with Crippen LogP contribution in [0.3, 0.4) is 0 Å². The molecule has 2 heterocycles. The standard InChI is InChI=1S/C20H24N2O5/c1-4-26-19(24)15(20(25)27-5-2)11-13-8-9-22-17(13)21-16-7-6-12(3)10-14(16)18(22)23/h6-7,10,13,15H,4-5,8-9,11H2,1-3H3. The van der Waals surface area contributed by atoms with Gasteiger partial charge in [-0.25, -0.2) is 4.98 Å². The maximum absolute atomic E-state index is 12.8. The quantitative estimate of drug-likeness (QED) is 0.571. The zero-order chi connectivity index (χ0) is 19.6. The van der Waals surface area contributed by atoms with Crippen molar-refractivity contribution in [3.05, 3.63) is 39.9 Å². The summed E-state index contributed by atoms with van der Waals surface area (Å²) >= 11 is 0. The molecule has 0 saturated carbocycles. The molecule has 0 amide bonds. The van der Waals surface area contributed by atoms with E-state index in [1.807, 2.05) is 25.1 Å².